The van der Waals surface area contributed by atoms with Crippen molar-refractivity contribution in [2.45, 2.75) is 57.9 Å². The van der Waals surface area contributed by atoms with E-state index in [9.17, 15) is 13.2 Å². The topological polar surface area (TPSA) is 66.5 Å². The number of amides is 1. The zero-order valence-corrected chi connectivity index (χ0v) is 18.6. The van der Waals surface area contributed by atoms with Crippen LogP contribution in [-0.2, 0) is 10.0 Å². The highest BCUT2D eigenvalue weighted by Gasteiger charge is 2.30. The largest absolute Gasteiger partial charge is 0.349 e. The van der Waals surface area contributed by atoms with Gasteiger partial charge in [0.05, 0.1) is 15.6 Å². The summed E-state index contributed by atoms with van der Waals surface area (Å²) in [4.78, 5) is 12.7. The van der Waals surface area contributed by atoms with Crippen LogP contribution in [0.15, 0.2) is 17.0 Å². The Bertz CT molecular complexity index is 794. The van der Waals surface area contributed by atoms with Crippen molar-refractivity contribution in [2.75, 3.05) is 13.1 Å². The van der Waals surface area contributed by atoms with Gasteiger partial charge in [0.1, 0.15) is 4.90 Å². The maximum absolute atomic E-state index is 12.9. The van der Waals surface area contributed by atoms with Gasteiger partial charge >= 0.3 is 0 Å². The van der Waals surface area contributed by atoms with E-state index in [1.54, 1.807) is 13.8 Å². The molecule has 0 radical (unpaired) electrons. The molecule has 1 aliphatic carbocycles. The third-order valence-corrected chi connectivity index (χ3v) is 8.44. The van der Waals surface area contributed by atoms with Crippen LogP contribution >= 0.6 is 23.2 Å². The summed E-state index contributed by atoms with van der Waals surface area (Å²) in [5.41, 5.74) is 0.136. The van der Waals surface area contributed by atoms with Crippen molar-refractivity contribution >= 4 is 39.1 Å². The molecule has 1 aliphatic rings. The maximum Gasteiger partial charge on any atom is 0.253 e. The van der Waals surface area contributed by atoms with E-state index in [1.165, 1.54) is 16.4 Å². The van der Waals surface area contributed by atoms with Crippen LogP contribution in [0.25, 0.3) is 0 Å². The molecule has 152 valence electrons. The first-order chi connectivity index (χ1) is 12.6. The van der Waals surface area contributed by atoms with Gasteiger partial charge in [0.15, 0.2) is 0 Å². The zero-order valence-electron chi connectivity index (χ0n) is 16.3. The number of hydrogen-bond donors (Lipinski definition) is 1. The average molecular weight is 435 g/mol. The lowest BCUT2D eigenvalue weighted by atomic mass is 9.78. The van der Waals surface area contributed by atoms with E-state index < -0.39 is 10.0 Å². The molecule has 0 aromatic heterocycles. The third-order valence-electron chi connectivity index (χ3n) is 5.61. The number of carbonyl (C=O) groups excluding carboxylic acids is 1. The minimum Gasteiger partial charge on any atom is -0.349 e. The van der Waals surface area contributed by atoms with Gasteiger partial charge in [-0.25, -0.2) is 8.42 Å². The first-order valence-electron chi connectivity index (χ1n) is 9.43. The molecule has 1 fully saturated rings. The molecule has 1 saturated carbocycles. The minimum atomic E-state index is -3.79. The molecule has 3 atom stereocenters. The van der Waals surface area contributed by atoms with Gasteiger partial charge in [-0.15, -0.1) is 0 Å². The van der Waals surface area contributed by atoms with Gasteiger partial charge in [-0.05, 0) is 30.4 Å². The molecule has 8 heteroatoms. The summed E-state index contributed by atoms with van der Waals surface area (Å²) in [6, 6.07) is 2.68. The molecule has 1 N–H and O–H groups in total. The van der Waals surface area contributed by atoms with Crippen LogP contribution in [0.4, 0.5) is 0 Å². The monoisotopic (exact) mass is 434 g/mol. The summed E-state index contributed by atoms with van der Waals surface area (Å²) in [6.45, 7) is 8.46. The second-order valence-corrected chi connectivity index (χ2v) is 9.92. The maximum atomic E-state index is 12.9. The van der Waals surface area contributed by atoms with E-state index in [-0.39, 0.29) is 32.5 Å². The average Bonchev–Trinajstić information content (AvgIpc) is 2.59. The quantitative estimate of drug-likeness (QED) is 0.712. The van der Waals surface area contributed by atoms with Crippen molar-refractivity contribution < 1.29 is 13.2 Å². The molecule has 0 heterocycles. The summed E-state index contributed by atoms with van der Waals surface area (Å²) >= 11 is 12.4. The summed E-state index contributed by atoms with van der Waals surface area (Å²) in [6.07, 6.45) is 3.13. The molecule has 2 rings (SSSR count). The van der Waals surface area contributed by atoms with Crippen molar-refractivity contribution in [1.82, 2.24) is 9.62 Å². The van der Waals surface area contributed by atoms with Gasteiger partial charge in [0.25, 0.3) is 5.91 Å². The lowest BCUT2D eigenvalue weighted by Crippen LogP contribution is -2.43. The summed E-state index contributed by atoms with van der Waals surface area (Å²) in [7, 11) is -3.79. The summed E-state index contributed by atoms with van der Waals surface area (Å²) in [5.74, 6) is 0.523. The van der Waals surface area contributed by atoms with Crippen LogP contribution in [0.1, 0.15) is 57.3 Å². The van der Waals surface area contributed by atoms with Crippen molar-refractivity contribution in [3.05, 3.63) is 27.7 Å². The first kappa shape index (κ1) is 22.5. The van der Waals surface area contributed by atoms with Gasteiger partial charge in [-0.3, -0.25) is 4.79 Å². The minimum absolute atomic E-state index is 0.0168. The fourth-order valence-corrected chi connectivity index (χ4v) is 5.93. The van der Waals surface area contributed by atoms with Gasteiger partial charge < -0.3 is 5.32 Å². The van der Waals surface area contributed by atoms with E-state index in [4.69, 9.17) is 23.2 Å². The normalized spacial score (nSPS) is 23.4. The Labute approximate surface area is 172 Å². The van der Waals surface area contributed by atoms with E-state index >= 15 is 0 Å². The number of carbonyl (C=O) groups is 1. The highest BCUT2D eigenvalue weighted by molar-refractivity contribution is 7.89. The van der Waals surface area contributed by atoms with Crippen LogP contribution in [0, 0.1) is 11.8 Å². The lowest BCUT2D eigenvalue weighted by molar-refractivity contribution is 0.0891. The summed E-state index contributed by atoms with van der Waals surface area (Å²) in [5, 5.41) is 3.20. The zero-order chi connectivity index (χ0) is 20.4. The van der Waals surface area contributed by atoms with Crippen LogP contribution in [0.3, 0.4) is 0 Å². The molecule has 1 aromatic carbocycles. The van der Waals surface area contributed by atoms with Gasteiger partial charge in [-0.1, -0.05) is 63.7 Å². The van der Waals surface area contributed by atoms with Crippen molar-refractivity contribution in [1.29, 1.82) is 0 Å². The predicted molar refractivity (Wildman–Crippen MR) is 110 cm³/mol. The molecule has 0 saturated heterocycles. The molecule has 0 aliphatic heterocycles. The number of benzene rings is 1. The Morgan fingerprint density at radius 1 is 1.15 bits per heavy atom. The molecule has 27 heavy (non-hydrogen) atoms. The van der Waals surface area contributed by atoms with Gasteiger partial charge in [0.2, 0.25) is 10.0 Å². The fourth-order valence-electron chi connectivity index (χ4n) is 3.64. The number of nitrogens with zero attached hydrogens (tertiary/aromatic N) is 1. The molecule has 5 nitrogen and oxygen atoms in total. The second kappa shape index (κ2) is 9.12. The summed E-state index contributed by atoms with van der Waals surface area (Å²) < 4.78 is 27.0. The Morgan fingerprint density at radius 2 is 1.78 bits per heavy atom. The van der Waals surface area contributed by atoms with Crippen molar-refractivity contribution in [2.24, 2.45) is 11.8 Å². The Balaban J connectivity index is 2.36. The SMILES string of the molecule is CCN(CC)S(=O)(=O)c1cc(C(=O)NC2CCCC(C)C2C)c(Cl)cc1Cl. The van der Waals surface area contributed by atoms with E-state index in [0.29, 0.717) is 24.9 Å². The number of halogens is 2. The molecule has 0 spiro atoms. The molecule has 1 amide bonds. The van der Waals surface area contributed by atoms with Gasteiger partial charge in [-0.2, -0.15) is 4.31 Å². The van der Waals surface area contributed by atoms with E-state index in [0.717, 1.165) is 19.3 Å². The van der Waals surface area contributed by atoms with E-state index in [2.05, 4.69) is 19.2 Å². The second-order valence-electron chi connectivity index (χ2n) is 7.20. The fraction of sp³-hybridized carbons (Fsp3) is 0.632. The van der Waals surface area contributed by atoms with Crippen LogP contribution in [-0.4, -0.2) is 37.8 Å². The molecule has 1 aromatic rings. The highest BCUT2D eigenvalue weighted by atomic mass is 35.5. The first-order valence-corrected chi connectivity index (χ1v) is 11.6. The van der Waals surface area contributed by atoms with E-state index in [1.807, 2.05) is 0 Å². The molecule has 0 bridgehead atoms. The Kier molecular flexibility index (Phi) is 7.59. The number of sulfonamides is 1. The molecular formula is C19H28Cl2N2O3S. The van der Waals surface area contributed by atoms with Crippen LogP contribution in [0.2, 0.25) is 10.0 Å². The molecule has 3 unspecified atom stereocenters. The third kappa shape index (κ3) is 4.78. The van der Waals surface area contributed by atoms with Crippen LogP contribution in [0.5, 0.6) is 0 Å². The predicted octanol–water partition coefficient (Wildman–Crippen LogP) is 4.58. The smallest absolute Gasteiger partial charge is 0.253 e. The van der Waals surface area contributed by atoms with Crippen LogP contribution < -0.4 is 5.32 Å². The highest BCUT2D eigenvalue weighted by Crippen LogP contribution is 2.32. The molecular weight excluding hydrogens is 407 g/mol. The van der Waals surface area contributed by atoms with Gasteiger partial charge in [0, 0.05) is 19.1 Å². The Morgan fingerprint density at radius 3 is 2.37 bits per heavy atom. The number of rotatable bonds is 6. The van der Waals surface area contributed by atoms with Crippen molar-refractivity contribution in [3.63, 3.8) is 0 Å². The standard InChI is InChI=1S/C19H28Cl2N2O3S/c1-5-23(6-2)27(25,26)18-10-14(15(20)11-16(18)21)19(24)22-17-9-7-8-12(3)13(17)4/h10-13,17H,5-9H2,1-4H3,(H,22,24). The Hall–Kier alpha value is -0.820. The van der Waals surface area contributed by atoms with Crippen molar-refractivity contribution in [3.8, 4) is 0 Å². The number of nitrogens with one attached hydrogen (secondary N) is 1. The number of hydrogen-bond acceptors (Lipinski definition) is 3. The lowest BCUT2D eigenvalue weighted by Gasteiger charge is -2.34.